The number of nitro groups is 1. The summed E-state index contributed by atoms with van der Waals surface area (Å²) in [4.78, 5) is 26.9. The van der Waals surface area contributed by atoms with E-state index in [2.05, 4.69) is 35.5 Å². The van der Waals surface area contributed by atoms with Gasteiger partial charge in [-0.05, 0) is 18.2 Å². The molecule has 0 amide bonds. The second kappa shape index (κ2) is 9.56. The summed E-state index contributed by atoms with van der Waals surface area (Å²) in [6.45, 7) is 0. The molecule has 2 aromatic heterocycles. The van der Waals surface area contributed by atoms with E-state index in [1.807, 2.05) is 18.2 Å². The topological polar surface area (TPSA) is 192 Å². The first-order valence-electron chi connectivity index (χ1n) is 9.88. The molecule has 14 heteroatoms. The molecule has 4 aromatic rings. The van der Waals surface area contributed by atoms with Gasteiger partial charge in [0.15, 0.2) is 33.0 Å². The number of nitrogens with zero attached hydrogens (tertiary/aromatic N) is 7. The Labute approximate surface area is 198 Å². The number of aromatic nitrogens is 4. The van der Waals surface area contributed by atoms with Crippen LogP contribution in [0.25, 0.3) is 11.5 Å². The molecule has 0 saturated heterocycles. The Morgan fingerprint density at radius 3 is 2.49 bits per heavy atom. The average Bonchev–Trinajstić information content (AvgIpc) is 2.84. The van der Waals surface area contributed by atoms with E-state index >= 15 is 0 Å². The van der Waals surface area contributed by atoms with Gasteiger partial charge in [0.2, 0.25) is 0 Å². The minimum absolute atomic E-state index is 0.0271. The summed E-state index contributed by atoms with van der Waals surface area (Å²) in [5, 5.41) is 22.3. The van der Waals surface area contributed by atoms with Gasteiger partial charge in [-0.25, -0.2) is 23.4 Å². The van der Waals surface area contributed by atoms with E-state index in [0.29, 0.717) is 11.4 Å². The summed E-state index contributed by atoms with van der Waals surface area (Å²) in [5.74, 6) is 0.293. The molecule has 0 aliphatic heterocycles. The number of hydrogen-bond donors (Lipinski definition) is 2. The Bertz CT molecular complexity index is 1530. The number of nitrogen functional groups attached to an aromatic ring is 1. The number of para-hydroxylation sites is 1. The van der Waals surface area contributed by atoms with Crippen LogP contribution in [-0.4, -0.2) is 39.5 Å². The third-order valence-corrected chi connectivity index (χ3v) is 5.68. The molecule has 176 valence electrons. The minimum Gasteiger partial charge on any atom is -0.382 e. The maximum atomic E-state index is 12.2. The Balaban J connectivity index is 1.83. The van der Waals surface area contributed by atoms with E-state index in [0.717, 1.165) is 18.4 Å². The molecule has 2 heterocycles. The van der Waals surface area contributed by atoms with Crippen LogP contribution in [0.4, 0.5) is 34.4 Å². The van der Waals surface area contributed by atoms with E-state index in [9.17, 15) is 18.5 Å². The standard InChI is InChI=1S/C21H17N9O4S/c1-35(33,34)17-11-14(30(31)32)7-8-15(17)28-29-18-19(22)26-20(16-12-23-9-10-24-16)27-21(18)25-13-5-3-2-4-6-13/h2-12H,1H3,(H3,22,25,26,27). The smallest absolute Gasteiger partial charge is 0.270 e. The summed E-state index contributed by atoms with van der Waals surface area (Å²) < 4.78 is 24.4. The predicted molar refractivity (Wildman–Crippen MR) is 128 cm³/mol. The van der Waals surface area contributed by atoms with E-state index in [-0.39, 0.29) is 33.7 Å². The molecule has 13 nitrogen and oxygen atoms in total. The van der Waals surface area contributed by atoms with Crippen molar-refractivity contribution in [2.75, 3.05) is 17.3 Å². The third-order valence-electron chi connectivity index (χ3n) is 4.55. The predicted octanol–water partition coefficient (Wildman–Crippen LogP) is 3.99. The molecule has 0 saturated carbocycles. The van der Waals surface area contributed by atoms with Gasteiger partial charge in [0.05, 0.1) is 11.1 Å². The lowest BCUT2D eigenvalue weighted by Gasteiger charge is -2.11. The fourth-order valence-corrected chi connectivity index (χ4v) is 3.77. The lowest BCUT2D eigenvalue weighted by molar-refractivity contribution is -0.385. The van der Waals surface area contributed by atoms with Gasteiger partial charge in [-0.3, -0.25) is 15.1 Å². The number of non-ortho nitro benzene ring substituents is 1. The molecule has 0 unspecified atom stereocenters. The number of nitro benzene ring substituents is 1. The fourth-order valence-electron chi connectivity index (χ4n) is 2.95. The highest BCUT2D eigenvalue weighted by Gasteiger charge is 2.20. The van der Waals surface area contributed by atoms with Crippen LogP contribution in [0.3, 0.4) is 0 Å². The van der Waals surface area contributed by atoms with E-state index in [4.69, 9.17) is 5.73 Å². The molecule has 0 spiro atoms. The molecule has 35 heavy (non-hydrogen) atoms. The summed E-state index contributed by atoms with van der Waals surface area (Å²) in [7, 11) is -3.86. The number of rotatable bonds is 7. The number of anilines is 3. The minimum atomic E-state index is -3.86. The third kappa shape index (κ3) is 5.39. The zero-order valence-corrected chi connectivity index (χ0v) is 18.9. The fraction of sp³-hybridized carbons (Fsp3) is 0.0476. The number of nitrogens with one attached hydrogen (secondary N) is 1. The van der Waals surface area contributed by atoms with Gasteiger partial charge in [-0.2, -0.15) is 0 Å². The van der Waals surface area contributed by atoms with Gasteiger partial charge in [0.25, 0.3) is 5.69 Å². The van der Waals surface area contributed by atoms with Crippen molar-refractivity contribution in [3.8, 4) is 11.5 Å². The largest absolute Gasteiger partial charge is 0.382 e. The summed E-state index contributed by atoms with van der Waals surface area (Å²) in [6, 6.07) is 12.3. The Morgan fingerprint density at radius 2 is 1.83 bits per heavy atom. The first kappa shape index (κ1) is 23.3. The number of azo groups is 1. The van der Waals surface area contributed by atoms with Crippen molar-refractivity contribution in [2.24, 2.45) is 10.2 Å². The molecular formula is C21H17N9O4S. The maximum Gasteiger partial charge on any atom is 0.270 e. The average molecular weight is 491 g/mol. The molecule has 0 fully saturated rings. The van der Waals surface area contributed by atoms with Gasteiger partial charge >= 0.3 is 0 Å². The Kier molecular flexibility index (Phi) is 6.37. The Hall–Kier alpha value is -4.85. The normalized spacial score (nSPS) is 11.5. The van der Waals surface area contributed by atoms with Gasteiger partial charge in [0.1, 0.15) is 16.3 Å². The maximum absolute atomic E-state index is 12.2. The molecule has 0 atom stereocenters. The van der Waals surface area contributed by atoms with E-state index in [1.54, 1.807) is 12.1 Å². The van der Waals surface area contributed by atoms with Gasteiger partial charge in [-0.1, -0.05) is 18.2 Å². The van der Waals surface area contributed by atoms with Crippen LogP contribution in [0, 0.1) is 10.1 Å². The summed E-state index contributed by atoms with van der Waals surface area (Å²) >= 11 is 0. The first-order valence-corrected chi connectivity index (χ1v) is 11.8. The van der Waals surface area contributed by atoms with E-state index in [1.165, 1.54) is 24.7 Å². The summed E-state index contributed by atoms with van der Waals surface area (Å²) in [5.41, 5.74) is 6.72. The second-order valence-corrected chi connectivity index (χ2v) is 9.08. The van der Waals surface area contributed by atoms with Crippen molar-refractivity contribution in [1.82, 2.24) is 19.9 Å². The quantitative estimate of drug-likeness (QED) is 0.217. The van der Waals surface area contributed by atoms with Gasteiger partial charge in [-0.15, -0.1) is 10.2 Å². The summed E-state index contributed by atoms with van der Waals surface area (Å²) in [6.07, 6.45) is 5.37. The zero-order valence-electron chi connectivity index (χ0n) is 18.1. The van der Waals surface area contributed by atoms with Crippen LogP contribution in [0.1, 0.15) is 0 Å². The number of benzene rings is 2. The van der Waals surface area contributed by atoms with Crippen molar-refractivity contribution < 1.29 is 13.3 Å². The van der Waals surface area contributed by atoms with Gasteiger partial charge in [0, 0.05) is 36.5 Å². The first-order chi connectivity index (χ1) is 16.7. The van der Waals surface area contributed by atoms with Crippen LogP contribution in [0.2, 0.25) is 0 Å². The van der Waals surface area contributed by atoms with Crippen LogP contribution >= 0.6 is 0 Å². The Morgan fingerprint density at radius 1 is 1.06 bits per heavy atom. The highest BCUT2D eigenvalue weighted by Crippen LogP contribution is 2.36. The van der Waals surface area contributed by atoms with E-state index < -0.39 is 20.4 Å². The van der Waals surface area contributed by atoms with Crippen molar-refractivity contribution >= 4 is 44.2 Å². The van der Waals surface area contributed by atoms with Crippen molar-refractivity contribution in [3.63, 3.8) is 0 Å². The molecular weight excluding hydrogens is 474 g/mol. The molecule has 0 bridgehead atoms. The SMILES string of the molecule is CS(=O)(=O)c1cc([N+](=O)[O-])ccc1N=Nc1c(N)nc(-c2cnccn2)nc1Nc1ccccc1. The lowest BCUT2D eigenvalue weighted by atomic mass is 10.3. The van der Waals surface area contributed by atoms with Crippen molar-refractivity contribution in [3.05, 3.63) is 77.2 Å². The molecule has 3 N–H and O–H groups in total. The number of hydrogen-bond acceptors (Lipinski definition) is 12. The lowest BCUT2D eigenvalue weighted by Crippen LogP contribution is -2.03. The van der Waals surface area contributed by atoms with Crippen LogP contribution in [0.15, 0.2) is 82.2 Å². The zero-order chi connectivity index (χ0) is 25.0. The van der Waals surface area contributed by atoms with Crippen molar-refractivity contribution in [1.29, 1.82) is 0 Å². The van der Waals surface area contributed by atoms with Gasteiger partial charge < -0.3 is 11.1 Å². The second-order valence-electron chi connectivity index (χ2n) is 7.09. The van der Waals surface area contributed by atoms with Crippen LogP contribution in [0.5, 0.6) is 0 Å². The van der Waals surface area contributed by atoms with Crippen LogP contribution < -0.4 is 11.1 Å². The van der Waals surface area contributed by atoms with Crippen LogP contribution in [-0.2, 0) is 9.84 Å². The highest BCUT2D eigenvalue weighted by molar-refractivity contribution is 7.90. The molecule has 4 rings (SSSR count). The monoisotopic (exact) mass is 491 g/mol. The number of nitrogens with two attached hydrogens (primary N) is 1. The molecule has 0 aliphatic carbocycles. The van der Waals surface area contributed by atoms with Crippen molar-refractivity contribution in [2.45, 2.75) is 4.90 Å². The molecule has 2 aromatic carbocycles. The molecule has 0 radical (unpaired) electrons. The highest BCUT2D eigenvalue weighted by atomic mass is 32.2. The molecule has 0 aliphatic rings. The number of sulfone groups is 1.